The third-order valence-electron chi connectivity index (χ3n) is 3.22. The van der Waals surface area contributed by atoms with Crippen LogP contribution in [0.15, 0.2) is 47.5 Å². The van der Waals surface area contributed by atoms with Crippen LogP contribution < -0.4 is 0 Å². The van der Waals surface area contributed by atoms with E-state index >= 15 is 0 Å². The van der Waals surface area contributed by atoms with Gasteiger partial charge in [0.15, 0.2) is 0 Å². The fourth-order valence-corrected chi connectivity index (χ4v) is 1.59. The van der Waals surface area contributed by atoms with Gasteiger partial charge >= 0.3 is 0 Å². The van der Waals surface area contributed by atoms with Gasteiger partial charge in [-0.25, -0.2) is 0 Å². The molecule has 0 amide bonds. The van der Waals surface area contributed by atoms with Crippen molar-refractivity contribution in [2.45, 2.75) is 34.1 Å². The number of nitrogens with zero attached hydrogens (tertiary/aromatic N) is 2. The van der Waals surface area contributed by atoms with Crippen LogP contribution in [0, 0.1) is 0 Å². The van der Waals surface area contributed by atoms with Gasteiger partial charge in [-0.1, -0.05) is 19.6 Å². The Bertz CT molecular complexity index is 371. The topological polar surface area (TPSA) is 6.48 Å². The minimum Gasteiger partial charge on any atom is -0.383 e. The number of hydrogen-bond acceptors (Lipinski definition) is 2. The normalized spacial score (nSPS) is 13.6. The fraction of sp³-hybridized carbons (Fsp3) is 0.500. The molecule has 0 aromatic rings. The zero-order valence-corrected chi connectivity index (χ0v) is 13.0. The molecule has 2 nitrogen and oxygen atoms in total. The summed E-state index contributed by atoms with van der Waals surface area (Å²) in [5.41, 5.74) is 4.85. The lowest BCUT2D eigenvalue weighted by molar-refractivity contribution is 0.529. The van der Waals surface area contributed by atoms with Crippen LogP contribution in [0.5, 0.6) is 0 Å². The second-order valence-electron chi connectivity index (χ2n) is 4.72. The maximum atomic E-state index is 4.20. The lowest BCUT2D eigenvalue weighted by atomic mass is 10.0. The van der Waals surface area contributed by atoms with Crippen LogP contribution in [0.25, 0.3) is 0 Å². The molecule has 0 saturated heterocycles. The summed E-state index contributed by atoms with van der Waals surface area (Å²) >= 11 is 0. The smallest absolute Gasteiger partial charge is 0.0364 e. The molecule has 0 bridgehead atoms. The maximum absolute atomic E-state index is 4.20. The van der Waals surface area contributed by atoms with E-state index in [0.29, 0.717) is 0 Å². The predicted octanol–water partition coefficient (Wildman–Crippen LogP) is 4.16. The molecule has 0 atom stereocenters. The second kappa shape index (κ2) is 7.80. The van der Waals surface area contributed by atoms with Crippen LogP contribution in [-0.4, -0.2) is 30.9 Å². The van der Waals surface area contributed by atoms with Crippen LogP contribution in [-0.2, 0) is 0 Å². The molecule has 0 spiro atoms. The third-order valence-corrected chi connectivity index (χ3v) is 3.22. The molecular formula is C16H28N2. The van der Waals surface area contributed by atoms with E-state index < -0.39 is 0 Å². The molecule has 0 heterocycles. The first-order valence-corrected chi connectivity index (χ1v) is 6.45. The zero-order chi connectivity index (χ0) is 14.3. The molecule has 2 heteroatoms. The van der Waals surface area contributed by atoms with E-state index in [1.54, 1.807) is 0 Å². The van der Waals surface area contributed by atoms with Gasteiger partial charge in [0.1, 0.15) is 0 Å². The summed E-state index contributed by atoms with van der Waals surface area (Å²) in [6, 6.07) is 0. The molecule has 0 aromatic heterocycles. The van der Waals surface area contributed by atoms with E-state index in [1.807, 2.05) is 25.9 Å². The Labute approximate surface area is 113 Å². The highest BCUT2D eigenvalue weighted by atomic mass is 15.1. The summed E-state index contributed by atoms with van der Waals surface area (Å²) in [5.74, 6) is 0. The Hall–Kier alpha value is -1.44. The summed E-state index contributed by atoms with van der Waals surface area (Å²) in [4.78, 5) is 4.18. The Morgan fingerprint density at radius 2 is 1.72 bits per heavy atom. The third kappa shape index (κ3) is 4.82. The maximum Gasteiger partial charge on any atom is 0.0364 e. The van der Waals surface area contributed by atoms with Gasteiger partial charge in [0, 0.05) is 32.5 Å². The number of hydrogen-bond donors (Lipinski definition) is 0. The summed E-state index contributed by atoms with van der Waals surface area (Å²) < 4.78 is 0. The number of rotatable bonds is 6. The van der Waals surface area contributed by atoms with Crippen molar-refractivity contribution in [3.63, 3.8) is 0 Å². The van der Waals surface area contributed by atoms with Crippen molar-refractivity contribution < 1.29 is 0 Å². The first kappa shape index (κ1) is 16.6. The Morgan fingerprint density at radius 1 is 1.17 bits per heavy atom. The van der Waals surface area contributed by atoms with Crippen molar-refractivity contribution in [1.82, 2.24) is 9.80 Å². The van der Waals surface area contributed by atoms with E-state index in [0.717, 1.165) is 12.1 Å². The van der Waals surface area contributed by atoms with Gasteiger partial charge < -0.3 is 9.80 Å². The molecule has 0 unspecified atom stereocenters. The van der Waals surface area contributed by atoms with Crippen LogP contribution >= 0.6 is 0 Å². The highest BCUT2D eigenvalue weighted by Gasteiger charge is 2.08. The van der Waals surface area contributed by atoms with Gasteiger partial charge in [0.25, 0.3) is 0 Å². The van der Waals surface area contributed by atoms with Crippen LogP contribution in [0.4, 0.5) is 0 Å². The molecule has 0 aromatic carbocycles. The molecular weight excluding hydrogens is 220 g/mol. The van der Waals surface area contributed by atoms with E-state index in [-0.39, 0.29) is 0 Å². The quantitative estimate of drug-likeness (QED) is 0.651. The Kier molecular flexibility index (Phi) is 7.18. The van der Waals surface area contributed by atoms with Crippen LogP contribution in [0.1, 0.15) is 34.1 Å². The van der Waals surface area contributed by atoms with Crippen molar-refractivity contribution in [2.75, 3.05) is 21.1 Å². The molecule has 0 aliphatic heterocycles. The van der Waals surface area contributed by atoms with E-state index in [1.165, 1.54) is 16.8 Å². The number of likely N-dealkylation sites (N-methyl/N-ethyl adjacent to an activating group) is 1. The van der Waals surface area contributed by atoms with Crippen molar-refractivity contribution in [3.8, 4) is 0 Å². The van der Waals surface area contributed by atoms with E-state index in [4.69, 9.17) is 0 Å². The number of allylic oxidation sites excluding steroid dienone is 5. The zero-order valence-electron chi connectivity index (χ0n) is 13.0. The Morgan fingerprint density at radius 3 is 2.11 bits per heavy atom. The summed E-state index contributed by atoms with van der Waals surface area (Å²) in [5, 5.41) is 0. The molecule has 0 aliphatic rings. The average molecular weight is 248 g/mol. The van der Waals surface area contributed by atoms with Crippen LogP contribution in [0.2, 0.25) is 0 Å². The summed E-state index contributed by atoms with van der Waals surface area (Å²) in [6.45, 7) is 12.7. The molecule has 0 N–H and O–H groups in total. The van der Waals surface area contributed by atoms with Crippen molar-refractivity contribution in [1.29, 1.82) is 0 Å². The molecule has 0 saturated carbocycles. The fourth-order valence-electron chi connectivity index (χ4n) is 1.59. The van der Waals surface area contributed by atoms with Gasteiger partial charge in [-0.3, -0.25) is 0 Å². The molecule has 102 valence electrons. The van der Waals surface area contributed by atoms with E-state index in [2.05, 4.69) is 57.6 Å². The van der Waals surface area contributed by atoms with Gasteiger partial charge in [-0.2, -0.15) is 0 Å². The molecule has 0 aliphatic carbocycles. The highest BCUT2D eigenvalue weighted by Crippen LogP contribution is 2.21. The average Bonchev–Trinajstić information content (AvgIpc) is 2.35. The lowest BCUT2D eigenvalue weighted by Gasteiger charge is -2.24. The highest BCUT2D eigenvalue weighted by molar-refractivity contribution is 5.37. The minimum atomic E-state index is 1.01. The molecule has 0 radical (unpaired) electrons. The lowest BCUT2D eigenvalue weighted by Crippen LogP contribution is -2.16. The van der Waals surface area contributed by atoms with Gasteiger partial charge in [-0.05, 0) is 50.6 Å². The van der Waals surface area contributed by atoms with Gasteiger partial charge in [0.05, 0.1) is 0 Å². The first-order valence-electron chi connectivity index (χ1n) is 6.45. The van der Waals surface area contributed by atoms with Gasteiger partial charge in [0.2, 0.25) is 0 Å². The van der Waals surface area contributed by atoms with Crippen molar-refractivity contribution in [3.05, 3.63) is 47.5 Å². The van der Waals surface area contributed by atoms with Crippen molar-refractivity contribution in [2.24, 2.45) is 0 Å². The SMILES string of the molecule is C=C(/C(C)=C(/C=C\N(C)C)CC)N(C)/C(C)=C/C. The molecule has 18 heavy (non-hydrogen) atoms. The van der Waals surface area contributed by atoms with Crippen molar-refractivity contribution >= 4 is 0 Å². The first-order chi connectivity index (χ1) is 8.34. The monoisotopic (exact) mass is 248 g/mol. The van der Waals surface area contributed by atoms with E-state index in [9.17, 15) is 0 Å². The minimum absolute atomic E-state index is 1.01. The summed E-state index contributed by atoms with van der Waals surface area (Å²) in [7, 11) is 6.12. The molecule has 0 rings (SSSR count). The van der Waals surface area contributed by atoms with Crippen LogP contribution in [0.3, 0.4) is 0 Å². The second-order valence-corrected chi connectivity index (χ2v) is 4.72. The predicted molar refractivity (Wildman–Crippen MR) is 82.2 cm³/mol. The Balaban J connectivity index is 5.18. The summed E-state index contributed by atoms with van der Waals surface area (Å²) in [6.07, 6.45) is 7.36. The van der Waals surface area contributed by atoms with Gasteiger partial charge in [-0.15, -0.1) is 0 Å². The molecule has 0 fully saturated rings. The standard InChI is InChI=1S/C16H28N2/c1-9-13(3)18(8)15(5)14(4)16(10-2)11-12-17(6)7/h9,11-12H,5,10H2,1-4,6-8H3/b12-11-,13-9+,16-14+. The largest absolute Gasteiger partial charge is 0.383 e.